The second-order valence-corrected chi connectivity index (χ2v) is 4.54. The van der Waals surface area contributed by atoms with Gasteiger partial charge in [-0.05, 0) is 5.41 Å². The summed E-state index contributed by atoms with van der Waals surface area (Å²) in [4.78, 5) is 0. The van der Waals surface area contributed by atoms with Gasteiger partial charge in [-0.1, -0.05) is 20.8 Å². The Labute approximate surface area is 96.9 Å². The Kier molecular flexibility index (Phi) is 3.15. The Morgan fingerprint density at radius 3 is 1.41 bits per heavy atom. The second-order valence-electron chi connectivity index (χ2n) is 4.54. The lowest BCUT2D eigenvalue weighted by Crippen LogP contribution is -2.19. The molecule has 1 rings (SSSR count). The predicted octanol–water partition coefficient (Wildman–Crippen LogP) is 3.14. The van der Waals surface area contributed by atoms with Crippen molar-refractivity contribution >= 4 is 0 Å². The average molecular weight is 238 g/mol. The van der Waals surface area contributed by atoms with E-state index in [0.29, 0.717) is 0 Å². The van der Waals surface area contributed by atoms with E-state index in [9.17, 15) is 13.2 Å². The Bertz CT molecular complexity index is 516. The summed E-state index contributed by atoms with van der Waals surface area (Å²) in [6.45, 7) is 4.53. The molecule has 0 aromatic heterocycles. The third kappa shape index (κ3) is 1.97. The Hall–Kier alpha value is -2.01. The highest BCUT2D eigenvalue weighted by Gasteiger charge is 2.31. The van der Waals surface area contributed by atoms with Crippen LogP contribution in [0.5, 0.6) is 0 Å². The molecule has 0 N–H and O–H groups in total. The van der Waals surface area contributed by atoms with Gasteiger partial charge in [-0.3, -0.25) is 0 Å². The van der Waals surface area contributed by atoms with Crippen molar-refractivity contribution in [1.29, 1.82) is 10.5 Å². The molecule has 0 bridgehead atoms. The first kappa shape index (κ1) is 13.1. The highest BCUT2D eigenvalue weighted by molar-refractivity contribution is 5.48. The number of hydrogen-bond acceptors (Lipinski definition) is 2. The van der Waals surface area contributed by atoms with Gasteiger partial charge in [0.25, 0.3) is 0 Å². The largest absolute Gasteiger partial charge is 0.205 e. The highest BCUT2D eigenvalue weighted by atomic mass is 19.1. The zero-order valence-corrected chi connectivity index (χ0v) is 9.53. The van der Waals surface area contributed by atoms with E-state index in [2.05, 4.69) is 0 Å². The number of nitriles is 2. The second kappa shape index (κ2) is 4.10. The fourth-order valence-corrected chi connectivity index (χ4v) is 1.52. The number of hydrogen-bond donors (Lipinski definition) is 0. The third-order valence-corrected chi connectivity index (χ3v) is 2.29. The molecule has 2 nitrogen and oxygen atoms in total. The molecule has 0 spiro atoms. The minimum Gasteiger partial charge on any atom is -0.205 e. The average Bonchev–Trinajstić information content (AvgIpc) is 2.16. The summed E-state index contributed by atoms with van der Waals surface area (Å²) < 4.78 is 41.0. The van der Waals surface area contributed by atoms with E-state index in [1.165, 1.54) is 32.9 Å². The van der Waals surface area contributed by atoms with Crippen molar-refractivity contribution < 1.29 is 13.2 Å². The van der Waals surface area contributed by atoms with E-state index < -0.39 is 39.6 Å². The molecule has 0 radical (unpaired) electrons. The molecule has 0 atom stereocenters. The summed E-state index contributed by atoms with van der Waals surface area (Å²) in [5, 5.41) is 17.3. The molecule has 0 aliphatic carbocycles. The van der Waals surface area contributed by atoms with Gasteiger partial charge in [-0.2, -0.15) is 10.5 Å². The van der Waals surface area contributed by atoms with Gasteiger partial charge in [-0.25, -0.2) is 13.2 Å². The molecule has 0 aliphatic rings. The maximum Gasteiger partial charge on any atom is 0.164 e. The van der Waals surface area contributed by atoms with Crippen LogP contribution >= 0.6 is 0 Å². The van der Waals surface area contributed by atoms with Crippen LogP contribution in [0.3, 0.4) is 0 Å². The van der Waals surface area contributed by atoms with E-state index >= 15 is 0 Å². The first-order valence-corrected chi connectivity index (χ1v) is 4.76. The molecular formula is C12H9F3N2. The summed E-state index contributed by atoms with van der Waals surface area (Å²) in [6.07, 6.45) is 0. The molecule has 1 aromatic rings. The first-order chi connectivity index (χ1) is 7.75. The van der Waals surface area contributed by atoms with Crippen molar-refractivity contribution in [2.24, 2.45) is 0 Å². The Balaban J connectivity index is 3.89. The molecule has 5 heteroatoms. The number of benzene rings is 1. The smallest absolute Gasteiger partial charge is 0.164 e. The number of nitrogens with zero attached hydrogens (tertiary/aromatic N) is 2. The molecule has 0 amide bonds. The highest BCUT2D eigenvalue weighted by Crippen LogP contribution is 2.33. The minimum atomic E-state index is -1.45. The van der Waals surface area contributed by atoms with Crippen molar-refractivity contribution in [3.63, 3.8) is 0 Å². The molecule has 0 unspecified atom stereocenters. The fourth-order valence-electron chi connectivity index (χ4n) is 1.52. The monoisotopic (exact) mass is 238 g/mol. The van der Waals surface area contributed by atoms with Crippen LogP contribution in [0, 0.1) is 40.1 Å². The van der Waals surface area contributed by atoms with Crippen molar-refractivity contribution in [2.75, 3.05) is 0 Å². The van der Waals surface area contributed by atoms with Crippen LogP contribution in [0.2, 0.25) is 0 Å². The van der Waals surface area contributed by atoms with E-state index in [1.54, 1.807) is 0 Å². The van der Waals surface area contributed by atoms with Gasteiger partial charge in [0.1, 0.15) is 23.3 Å². The van der Waals surface area contributed by atoms with Gasteiger partial charge in [0.2, 0.25) is 0 Å². The molecular weight excluding hydrogens is 229 g/mol. The summed E-state index contributed by atoms with van der Waals surface area (Å²) >= 11 is 0. The van der Waals surface area contributed by atoms with E-state index in [-0.39, 0.29) is 0 Å². The quantitative estimate of drug-likeness (QED) is 0.697. The third-order valence-electron chi connectivity index (χ3n) is 2.29. The zero-order valence-electron chi connectivity index (χ0n) is 9.53. The molecule has 0 heterocycles. The van der Waals surface area contributed by atoms with Crippen LogP contribution in [-0.4, -0.2) is 0 Å². The Morgan fingerprint density at radius 2 is 1.18 bits per heavy atom. The topological polar surface area (TPSA) is 47.6 Å². The predicted molar refractivity (Wildman–Crippen MR) is 54.4 cm³/mol. The van der Waals surface area contributed by atoms with Gasteiger partial charge in [0.05, 0.1) is 0 Å². The van der Waals surface area contributed by atoms with Gasteiger partial charge >= 0.3 is 0 Å². The summed E-state index contributed by atoms with van der Waals surface area (Å²) in [7, 11) is 0. The van der Waals surface area contributed by atoms with Crippen molar-refractivity contribution in [2.45, 2.75) is 26.2 Å². The molecule has 17 heavy (non-hydrogen) atoms. The molecule has 0 saturated heterocycles. The van der Waals surface area contributed by atoms with Gasteiger partial charge < -0.3 is 0 Å². The molecule has 0 saturated carbocycles. The van der Waals surface area contributed by atoms with E-state index in [1.807, 2.05) is 0 Å². The van der Waals surface area contributed by atoms with Crippen molar-refractivity contribution in [3.05, 3.63) is 34.1 Å². The van der Waals surface area contributed by atoms with Crippen molar-refractivity contribution in [3.8, 4) is 12.1 Å². The zero-order chi connectivity index (χ0) is 13.4. The lowest BCUT2D eigenvalue weighted by atomic mass is 9.83. The lowest BCUT2D eigenvalue weighted by Gasteiger charge is -2.21. The van der Waals surface area contributed by atoms with Crippen LogP contribution in [0.25, 0.3) is 0 Å². The molecule has 0 fully saturated rings. The van der Waals surface area contributed by atoms with E-state index in [0.717, 1.165) is 0 Å². The van der Waals surface area contributed by atoms with Gasteiger partial charge in [-0.15, -0.1) is 0 Å². The van der Waals surface area contributed by atoms with Crippen LogP contribution in [0.1, 0.15) is 37.5 Å². The fraction of sp³-hybridized carbons (Fsp3) is 0.333. The maximum absolute atomic E-state index is 13.8. The number of halogens is 3. The molecule has 1 aromatic carbocycles. The van der Waals surface area contributed by atoms with Crippen LogP contribution in [-0.2, 0) is 5.41 Å². The standard InChI is InChI=1S/C12H9F3N2/c1-12(2,3)8-10(14)6(4-16)9(13)7(5-17)11(8)15/h1-3H3. The molecule has 88 valence electrons. The summed E-state index contributed by atoms with van der Waals surface area (Å²) in [5.41, 5.74) is -3.27. The maximum atomic E-state index is 13.8. The lowest BCUT2D eigenvalue weighted by molar-refractivity contribution is 0.458. The van der Waals surface area contributed by atoms with Gasteiger partial charge in [0, 0.05) is 5.56 Å². The SMILES string of the molecule is CC(C)(C)c1c(F)c(C#N)c(F)c(C#N)c1F. The van der Waals surface area contributed by atoms with Crippen molar-refractivity contribution in [1.82, 2.24) is 0 Å². The van der Waals surface area contributed by atoms with Gasteiger partial charge in [0.15, 0.2) is 17.5 Å². The van der Waals surface area contributed by atoms with Crippen LogP contribution in [0.15, 0.2) is 0 Å². The van der Waals surface area contributed by atoms with Crippen LogP contribution < -0.4 is 0 Å². The first-order valence-electron chi connectivity index (χ1n) is 4.76. The summed E-state index contributed by atoms with van der Waals surface area (Å²) in [5.74, 6) is -3.93. The molecule has 0 aliphatic heterocycles. The minimum absolute atomic E-state index is 0.452. The van der Waals surface area contributed by atoms with Crippen LogP contribution in [0.4, 0.5) is 13.2 Å². The normalized spacial score (nSPS) is 10.8. The summed E-state index contributed by atoms with van der Waals surface area (Å²) in [6, 6.07) is 2.62. The van der Waals surface area contributed by atoms with E-state index in [4.69, 9.17) is 10.5 Å². The number of rotatable bonds is 0. The Morgan fingerprint density at radius 1 is 0.824 bits per heavy atom.